The van der Waals surface area contributed by atoms with Crippen LogP contribution in [0.2, 0.25) is 0 Å². The van der Waals surface area contributed by atoms with E-state index in [0.717, 1.165) is 6.42 Å². The Morgan fingerprint density at radius 3 is 2.65 bits per heavy atom. The van der Waals surface area contributed by atoms with Crippen LogP contribution in [-0.4, -0.2) is 12.6 Å². The molecular formula is C21H28O2. The van der Waals surface area contributed by atoms with Crippen molar-refractivity contribution in [2.75, 3.05) is 6.61 Å². The Hall–Kier alpha value is -1.83. The van der Waals surface area contributed by atoms with Gasteiger partial charge < -0.3 is 4.74 Å². The molecule has 0 saturated heterocycles. The highest BCUT2D eigenvalue weighted by atomic mass is 16.5. The van der Waals surface area contributed by atoms with Gasteiger partial charge in [0.1, 0.15) is 6.61 Å². The van der Waals surface area contributed by atoms with Crippen LogP contribution >= 0.6 is 0 Å². The van der Waals surface area contributed by atoms with Crippen LogP contribution in [0.3, 0.4) is 0 Å². The molecule has 1 fully saturated rings. The molecule has 0 aliphatic heterocycles. The fraction of sp³-hybridized carbons (Fsp3) is 0.476. The van der Waals surface area contributed by atoms with Crippen LogP contribution in [0.1, 0.15) is 38.8 Å². The van der Waals surface area contributed by atoms with Gasteiger partial charge in [-0.1, -0.05) is 67.5 Å². The molecule has 2 rings (SSSR count). The van der Waals surface area contributed by atoms with Gasteiger partial charge in [-0.3, -0.25) is 4.79 Å². The fourth-order valence-electron chi connectivity index (χ4n) is 3.14. The van der Waals surface area contributed by atoms with Gasteiger partial charge in [0, 0.05) is 0 Å². The summed E-state index contributed by atoms with van der Waals surface area (Å²) in [4.78, 5) is 12.2. The molecular weight excluding hydrogens is 284 g/mol. The predicted octanol–water partition coefficient (Wildman–Crippen LogP) is 4.88. The molecule has 124 valence electrons. The van der Waals surface area contributed by atoms with Crippen LogP contribution in [0.5, 0.6) is 0 Å². The van der Waals surface area contributed by atoms with Gasteiger partial charge >= 0.3 is 5.97 Å². The lowest BCUT2D eigenvalue weighted by Crippen LogP contribution is -2.10. The Morgan fingerprint density at radius 2 is 2.00 bits per heavy atom. The predicted molar refractivity (Wildman–Crippen MR) is 95.2 cm³/mol. The second-order valence-electron chi connectivity index (χ2n) is 7.36. The van der Waals surface area contributed by atoms with Crippen molar-refractivity contribution in [3.8, 4) is 0 Å². The summed E-state index contributed by atoms with van der Waals surface area (Å²) in [6.07, 6.45) is 7.06. The molecule has 23 heavy (non-hydrogen) atoms. The van der Waals surface area contributed by atoms with E-state index in [2.05, 4.69) is 71.0 Å². The molecule has 2 atom stereocenters. The summed E-state index contributed by atoms with van der Waals surface area (Å²) in [5.41, 5.74) is 3.83. The number of allylic oxidation sites excluding steroid dienone is 3. The Labute approximate surface area is 140 Å². The van der Waals surface area contributed by atoms with E-state index >= 15 is 0 Å². The van der Waals surface area contributed by atoms with Crippen molar-refractivity contribution in [2.45, 2.75) is 41.0 Å². The van der Waals surface area contributed by atoms with Crippen molar-refractivity contribution in [1.29, 1.82) is 0 Å². The van der Waals surface area contributed by atoms with E-state index < -0.39 is 0 Å². The fourth-order valence-corrected chi connectivity index (χ4v) is 3.14. The minimum absolute atomic E-state index is 0.00238. The quantitative estimate of drug-likeness (QED) is 0.553. The molecule has 2 unspecified atom stereocenters. The zero-order chi connectivity index (χ0) is 17.0. The average molecular weight is 312 g/mol. The van der Waals surface area contributed by atoms with E-state index in [-0.39, 0.29) is 17.3 Å². The van der Waals surface area contributed by atoms with Crippen molar-refractivity contribution >= 4 is 5.97 Å². The van der Waals surface area contributed by atoms with Gasteiger partial charge in [-0.25, -0.2) is 0 Å². The Bertz CT molecular complexity index is 618. The van der Waals surface area contributed by atoms with Crippen molar-refractivity contribution in [2.24, 2.45) is 17.3 Å². The number of esters is 1. The molecule has 1 saturated carbocycles. The largest absolute Gasteiger partial charge is 0.461 e. The van der Waals surface area contributed by atoms with Crippen LogP contribution in [0.15, 0.2) is 48.1 Å². The number of hydrogen-bond acceptors (Lipinski definition) is 2. The molecule has 0 spiro atoms. The topological polar surface area (TPSA) is 26.3 Å². The zero-order valence-electron chi connectivity index (χ0n) is 14.9. The van der Waals surface area contributed by atoms with Gasteiger partial charge in [0.05, 0.1) is 5.92 Å². The van der Waals surface area contributed by atoms with Crippen LogP contribution in [0.25, 0.3) is 0 Å². The molecule has 0 radical (unpaired) electrons. The first-order valence-electron chi connectivity index (χ1n) is 8.34. The summed E-state index contributed by atoms with van der Waals surface area (Å²) >= 11 is 0. The maximum absolute atomic E-state index is 12.2. The second kappa shape index (κ2) is 7.16. The standard InChI is InChI=1S/C21H28O2/c1-15(2)13-18-19(21(18,4)5)20(22)23-12-7-6-10-17-11-8-9-16(3)14-17/h6-9,11,13-14,18-19H,10,12H2,1-5H3. The highest BCUT2D eigenvalue weighted by molar-refractivity contribution is 5.78. The van der Waals surface area contributed by atoms with E-state index in [1.54, 1.807) is 0 Å². The summed E-state index contributed by atoms with van der Waals surface area (Å²) in [7, 11) is 0. The zero-order valence-corrected chi connectivity index (χ0v) is 14.9. The SMILES string of the molecule is CC(C)=CC1C(C(=O)OCC=CCc2cccc(C)c2)C1(C)C. The van der Waals surface area contributed by atoms with E-state index in [0.29, 0.717) is 12.5 Å². The minimum Gasteiger partial charge on any atom is -0.461 e. The number of carbonyl (C=O) groups excluding carboxylic acids is 1. The number of hydrogen-bond donors (Lipinski definition) is 0. The third-order valence-corrected chi connectivity index (χ3v) is 4.60. The van der Waals surface area contributed by atoms with Gasteiger partial charge in [0.25, 0.3) is 0 Å². The Kier molecular flexibility index (Phi) is 5.46. The monoisotopic (exact) mass is 312 g/mol. The highest BCUT2D eigenvalue weighted by Crippen LogP contribution is 2.59. The van der Waals surface area contributed by atoms with Gasteiger partial charge in [-0.2, -0.15) is 0 Å². The lowest BCUT2D eigenvalue weighted by atomic mass is 10.1. The molecule has 1 aromatic carbocycles. The van der Waals surface area contributed by atoms with Crippen molar-refractivity contribution in [3.05, 3.63) is 59.2 Å². The van der Waals surface area contributed by atoms with Gasteiger partial charge in [0.2, 0.25) is 0 Å². The Balaban J connectivity index is 1.77. The van der Waals surface area contributed by atoms with E-state index in [9.17, 15) is 4.79 Å². The van der Waals surface area contributed by atoms with Gasteiger partial charge in [-0.05, 0) is 44.1 Å². The van der Waals surface area contributed by atoms with Crippen LogP contribution in [0.4, 0.5) is 0 Å². The molecule has 2 heteroatoms. The summed E-state index contributed by atoms with van der Waals surface area (Å²) in [5.74, 6) is 0.247. The van der Waals surface area contributed by atoms with Gasteiger partial charge in [-0.15, -0.1) is 0 Å². The third kappa shape index (κ3) is 4.57. The Morgan fingerprint density at radius 1 is 1.26 bits per heavy atom. The number of carbonyl (C=O) groups is 1. The molecule has 0 bridgehead atoms. The number of benzene rings is 1. The molecule has 2 nitrogen and oxygen atoms in total. The summed E-state index contributed by atoms with van der Waals surface area (Å²) in [6.45, 7) is 10.9. The van der Waals surface area contributed by atoms with Gasteiger partial charge in [0.15, 0.2) is 0 Å². The maximum atomic E-state index is 12.2. The van der Waals surface area contributed by atoms with Crippen molar-refractivity contribution in [3.63, 3.8) is 0 Å². The summed E-state index contributed by atoms with van der Waals surface area (Å²) < 4.78 is 5.42. The second-order valence-corrected chi connectivity index (χ2v) is 7.36. The lowest BCUT2D eigenvalue weighted by Gasteiger charge is -2.03. The molecule has 1 aliphatic rings. The van der Waals surface area contributed by atoms with Crippen molar-refractivity contribution < 1.29 is 9.53 Å². The first-order chi connectivity index (χ1) is 10.8. The molecule has 0 amide bonds. The third-order valence-electron chi connectivity index (χ3n) is 4.60. The number of rotatable bonds is 6. The first kappa shape index (κ1) is 17.5. The lowest BCUT2D eigenvalue weighted by molar-refractivity contribution is -0.144. The molecule has 1 aliphatic carbocycles. The van der Waals surface area contributed by atoms with Crippen LogP contribution in [0, 0.1) is 24.2 Å². The minimum atomic E-state index is -0.0716. The maximum Gasteiger partial charge on any atom is 0.310 e. The van der Waals surface area contributed by atoms with Crippen LogP contribution in [-0.2, 0) is 16.0 Å². The summed E-state index contributed by atoms with van der Waals surface area (Å²) in [5, 5.41) is 0. The number of aryl methyl sites for hydroxylation is 1. The van der Waals surface area contributed by atoms with E-state index in [1.807, 2.05) is 6.08 Å². The van der Waals surface area contributed by atoms with Crippen LogP contribution < -0.4 is 0 Å². The number of ether oxygens (including phenoxy) is 1. The molecule has 0 heterocycles. The molecule has 0 N–H and O–H groups in total. The van der Waals surface area contributed by atoms with Crippen molar-refractivity contribution in [1.82, 2.24) is 0 Å². The smallest absolute Gasteiger partial charge is 0.310 e. The summed E-state index contributed by atoms with van der Waals surface area (Å²) in [6, 6.07) is 8.44. The first-order valence-corrected chi connectivity index (χ1v) is 8.34. The molecule has 0 aromatic heterocycles. The highest BCUT2D eigenvalue weighted by Gasteiger charge is 2.61. The molecule has 1 aromatic rings. The van der Waals surface area contributed by atoms with E-state index in [4.69, 9.17) is 4.74 Å². The normalized spacial score (nSPS) is 22.0. The van der Waals surface area contributed by atoms with E-state index in [1.165, 1.54) is 16.7 Å². The average Bonchev–Trinajstić information content (AvgIpc) is 2.98.